The number of piperidine rings is 2. The zero-order chi connectivity index (χ0) is 22.1. The molecule has 0 atom stereocenters. The van der Waals surface area contributed by atoms with Crippen molar-refractivity contribution in [1.82, 2.24) is 25.1 Å². The Morgan fingerprint density at radius 3 is 2.25 bits per heavy atom. The number of anilines is 1. The Labute approximate surface area is 186 Å². The lowest BCUT2D eigenvalue weighted by atomic mass is 9.86. The predicted molar refractivity (Wildman–Crippen MR) is 117 cm³/mol. The van der Waals surface area contributed by atoms with E-state index in [2.05, 4.69) is 20.2 Å². The van der Waals surface area contributed by atoms with Crippen molar-refractivity contribution in [1.29, 1.82) is 0 Å². The highest BCUT2D eigenvalue weighted by atomic mass is 16.2. The second kappa shape index (κ2) is 8.22. The van der Waals surface area contributed by atoms with E-state index >= 15 is 0 Å². The number of urea groups is 1. The quantitative estimate of drug-likeness (QED) is 0.738. The highest BCUT2D eigenvalue weighted by Crippen LogP contribution is 2.33. The molecule has 2 aromatic rings. The Morgan fingerprint density at radius 2 is 1.59 bits per heavy atom. The van der Waals surface area contributed by atoms with Crippen molar-refractivity contribution >= 4 is 23.8 Å². The van der Waals surface area contributed by atoms with E-state index in [-0.39, 0.29) is 23.9 Å². The molecule has 0 aliphatic carbocycles. The highest BCUT2D eigenvalue weighted by Gasteiger charge is 2.54. The van der Waals surface area contributed by atoms with Crippen LogP contribution in [0.3, 0.4) is 0 Å². The number of amides is 4. The molecule has 3 aliphatic heterocycles. The molecule has 3 aliphatic rings. The average molecular weight is 435 g/mol. The maximum absolute atomic E-state index is 13.4. The van der Waals surface area contributed by atoms with Gasteiger partial charge >= 0.3 is 6.03 Å². The lowest BCUT2D eigenvalue weighted by Gasteiger charge is -2.38. The summed E-state index contributed by atoms with van der Waals surface area (Å²) in [5.74, 6) is 0.489. The van der Waals surface area contributed by atoms with Gasteiger partial charge in [0.15, 0.2) is 0 Å². The largest absolute Gasteiger partial charge is 0.341 e. The first-order valence-electron chi connectivity index (χ1n) is 11.1. The molecule has 4 heterocycles. The van der Waals surface area contributed by atoms with Gasteiger partial charge in [0.25, 0.3) is 11.8 Å². The molecule has 4 amide bonds. The molecule has 0 unspecified atom stereocenters. The van der Waals surface area contributed by atoms with Crippen molar-refractivity contribution in [2.24, 2.45) is 0 Å². The van der Waals surface area contributed by atoms with Crippen LogP contribution in [0.2, 0.25) is 0 Å². The summed E-state index contributed by atoms with van der Waals surface area (Å²) in [4.78, 5) is 52.8. The SMILES string of the molecule is O=C(c1ccccc1)N1CCC2(CC1)NC(=O)N(C1CCN(c3ncccn3)CC1)C2=O. The van der Waals surface area contributed by atoms with Crippen molar-refractivity contribution < 1.29 is 14.4 Å². The van der Waals surface area contributed by atoms with Crippen LogP contribution < -0.4 is 10.2 Å². The molecule has 9 heteroatoms. The first-order valence-corrected chi connectivity index (χ1v) is 11.1. The molecule has 3 fully saturated rings. The van der Waals surface area contributed by atoms with Crippen molar-refractivity contribution in [2.45, 2.75) is 37.3 Å². The first kappa shape index (κ1) is 20.4. The molecular formula is C23H26N6O3. The number of benzene rings is 1. The Kier molecular flexibility index (Phi) is 5.24. The number of rotatable bonds is 3. The number of carbonyl (C=O) groups excluding carboxylic acids is 3. The van der Waals surface area contributed by atoms with Crippen LogP contribution in [0.25, 0.3) is 0 Å². The van der Waals surface area contributed by atoms with Gasteiger partial charge in [-0.1, -0.05) is 18.2 Å². The second-order valence-corrected chi connectivity index (χ2v) is 8.61. The third-order valence-electron chi connectivity index (χ3n) is 6.78. The Hall–Kier alpha value is -3.49. The summed E-state index contributed by atoms with van der Waals surface area (Å²) in [5.41, 5.74) is -0.259. The van der Waals surface area contributed by atoms with Gasteiger partial charge in [0.05, 0.1) is 0 Å². The van der Waals surface area contributed by atoms with Gasteiger partial charge in [-0.05, 0) is 43.9 Å². The van der Waals surface area contributed by atoms with E-state index in [9.17, 15) is 14.4 Å². The summed E-state index contributed by atoms with van der Waals surface area (Å²) in [6, 6.07) is 10.5. The summed E-state index contributed by atoms with van der Waals surface area (Å²) in [7, 11) is 0. The van der Waals surface area contributed by atoms with E-state index in [1.165, 1.54) is 4.90 Å². The molecule has 1 aromatic heterocycles. The smallest absolute Gasteiger partial charge is 0.325 e. The van der Waals surface area contributed by atoms with E-state index in [0.29, 0.717) is 63.4 Å². The van der Waals surface area contributed by atoms with Crippen LogP contribution in [0.1, 0.15) is 36.0 Å². The number of hydrogen-bond acceptors (Lipinski definition) is 6. The number of hydrogen-bond donors (Lipinski definition) is 1. The van der Waals surface area contributed by atoms with Crippen molar-refractivity contribution in [2.75, 3.05) is 31.1 Å². The number of imide groups is 1. The van der Waals surface area contributed by atoms with Crippen LogP contribution >= 0.6 is 0 Å². The van der Waals surface area contributed by atoms with Gasteiger partial charge < -0.3 is 15.1 Å². The molecule has 32 heavy (non-hydrogen) atoms. The van der Waals surface area contributed by atoms with E-state index in [1.807, 2.05) is 18.2 Å². The number of nitrogens with one attached hydrogen (secondary N) is 1. The molecule has 1 N–H and O–H groups in total. The summed E-state index contributed by atoms with van der Waals surface area (Å²) in [6.45, 7) is 2.27. The van der Waals surface area contributed by atoms with E-state index < -0.39 is 5.54 Å². The summed E-state index contributed by atoms with van der Waals surface area (Å²) in [5, 5.41) is 2.97. The van der Waals surface area contributed by atoms with E-state index in [1.54, 1.807) is 35.5 Å². The highest BCUT2D eigenvalue weighted by molar-refractivity contribution is 6.07. The standard InChI is InChI=1S/C23H26N6O3/c30-19(17-5-2-1-3-6-17)27-15-9-23(10-16-27)20(31)29(22(32)26-23)18-7-13-28(14-8-18)21-24-11-4-12-25-21/h1-6,11-12,18H,7-10,13-16H2,(H,26,32). The van der Waals surface area contributed by atoms with Gasteiger partial charge in [0.2, 0.25) is 5.95 Å². The zero-order valence-corrected chi connectivity index (χ0v) is 17.8. The van der Waals surface area contributed by atoms with Crippen molar-refractivity contribution in [3.63, 3.8) is 0 Å². The van der Waals surface area contributed by atoms with Crippen LogP contribution in [0.4, 0.5) is 10.7 Å². The van der Waals surface area contributed by atoms with Gasteiger partial charge in [0.1, 0.15) is 5.54 Å². The number of nitrogens with zero attached hydrogens (tertiary/aromatic N) is 5. The van der Waals surface area contributed by atoms with Crippen molar-refractivity contribution in [3.8, 4) is 0 Å². The Bertz CT molecular complexity index is 999. The Balaban J connectivity index is 1.22. The lowest BCUT2D eigenvalue weighted by Crippen LogP contribution is -2.56. The fourth-order valence-electron chi connectivity index (χ4n) is 4.95. The average Bonchev–Trinajstić information content (AvgIpc) is 3.09. The molecule has 1 aromatic carbocycles. The van der Waals surface area contributed by atoms with Crippen LogP contribution in [-0.4, -0.2) is 75.4 Å². The van der Waals surface area contributed by atoms with Crippen LogP contribution in [0.15, 0.2) is 48.8 Å². The summed E-state index contributed by atoms with van der Waals surface area (Å²) < 4.78 is 0. The van der Waals surface area contributed by atoms with E-state index in [4.69, 9.17) is 0 Å². The molecule has 5 rings (SSSR count). The van der Waals surface area contributed by atoms with Crippen molar-refractivity contribution in [3.05, 3.63) is 54.4 Å². The third kappa shape index (κ3) is 3.57. The van der Waals surface area contributed by atoms with Gasteiger partial charge in [-0.2, -0.15) is 0 Å². The molecule has 0 radical (unpaired) electrons. The predicted octanol–water partition coefficient (Wildman–Crippen LogP) is 1.67. The molecular weight excluding hydrogens is 408 g/mol. The number of likely N-dealkylation sites (tertiary alicyclic amines) is 1. The minimum atomic E-state index is -0.899. The van der Waals surface area contributed by atoms with Gasteiger partial charge in [-0.3, -0.25) is 14.5 Å². The first-order chi connectivity index (χ1) is 15.6. The summed E-state index contributed by atoms with van der Waals surface area (Å²) >= 11 is 0. The molecule has 9 nitrogen and oxygen atoms in total. The normalized spacial score (nSPS) is 21.2. The van der Waals surface area contributed by atoms with Gasteiger partial charge in [-0.15, -0.1) is 0 Å². The molecule has 0 saturated carbocycles. The molecule has 3 saturated heterocycles. The lowest BCUT2D eigenvalue weighted by molar-refractivity contribution is -0.134. The second-order valence-electron chi connectivity index (χ2n) is 8.61. The van der Waals surface area contributed by atoms with Gasteiger partial charge in [-0.25, -0.2) is 14.8 Å². The fourth-order valence-corrected chi connectivity index (χ4v) is 4.95. The van der Waals surface area contributed by atoms with Gasteiger partial charge in [0, 0.05) is 50.2 Å². The summed E-state index contributed by atoms with van der Waals surface area (Å²) in [6.07, 6.45) is 5.67. The molecule has 1 spiro atoms. The maximum atomic E-state index is 13.4. The van der Waals surface area contributed by atoms with Crippen LogP contribution in [-0.2, 0) is 4.79 Å². The monoisotopic (exact) mass is 434 g/mol. The minimum absolute atomic E-state index is 0.0374. The number of carbonyl (C=O) groups is 3. The Morgan fingerprint density at radius 1 is 0.938 bits per heavy atom. The van der Waals surface area contributed by atoms with E-state index in [0.717, 1.165) is 0 Å². The van der Waals surface area contributed by atoms with Crippen LogP contribution in [0, 0.1) is 0 Å². The molecule has 0 bridgehead atoms. The zero-order valence-electron chi connectivity index (χ0n) is 17.8. The number of aromatic nitrogens is 2. The maximum Gasteiger partial charge on any atom is 0.325 e. The van der Waals surface area contributed by atoms with Crippen LogP contribution in [0.5, 0.6) is 0 Å². The molecule has 166 valence electrons. The topological polar surface area (TPSA) is 98.7 Å². The minimum Gasteiger partial charge on any atom is -0.341 e. The third-order valence-corrected chi connectivity index (χ3v) is 6.78. The fraction of sp³-hybridized carbons (Fsp3) is 0.435.